The first kappa shape index (κ1) is 13.8. The molecule has 0 N–H and O–H groups in total. The van der Waals surface area contributed by atoms with Crippen LogP contribution in [0.3, 0.4) is 0 Å². The van der Waals surface area contributed by atoms with Gasteiger partial charge in [-0.1, -0.05) is 23.2 Å². The van der Waals surface area contributed by atoms with Crippen LogP contribution in [0.2, 0.25) is 10.0 Å². The normalized spacial score (nSPS) is 10.5. The minimum Gasteiger partial charge on any atom is -0.332 e. The number of aromatic nitrogens is 2. The van der Waals surface area contributed by atoms with Crippen molar-refractivity contribution in [2.24, 2.45) is 7.05 Å². The Labute approximate surface area is 120 Å². The molecule has 4 nitrogen and oxygen atoms in total. The first-order chi connectivity index (χ1) is 8.99. The molecule has 2 rings (SSSR count). The van der Waals surface area contributed by atoms with E-state index in [0.717, 1.165) is 0 Å². The number of carbonyl (C=O) groups excluding carboxylic acids is 2. The number of benzene rings is 1. The van der Waals surface area contributed by atoms with Gasteiger partial charge >= 0.3 is 0 Å². The van der Waals surface area contributed by atoms with Gasteiger partial charge in [-0.25, -0.2) is 4.98 Å². The average molecular weight is 297 g/mol. The van der Waals surface area contributed by atoms with Gasteiger partial charge in [0.1, 0.15) is 0 Å². The lowest BCUT2D eigenvalue weighted by atomic mass is 10.1. The Morgan fingerprint density at radius 3 is 2.53 bits per heavy atom. The Balaban J connectivity index is 2.15. The summed E-state index contributed by atoms with van der Waals surface area (Å²) in [4.78, 5) is 27.8. The second-order valence-corrected chi connectivity index (χ2v) is 4.83. The molecule has 1 aromatic carbocycles. The molecule has 0 unspecified atom stereocenters. The molecule has 19 heavy (non-hydrogen) atoms. The van der Waals surface area contributed by atoms with Crippen LogP contribution >= 0.6 is 23.2 Å². The van der Waals surface area contributed by atoms with E-state index in [-0.39, 0.29) is 28.8 Å². The van der Waals surface area contributed by atoms with Crippen molar-refractivity contribution in [2.45, 2.75) is 6.42 Å². The van der Waals surface area contributed by atoms with Crippen LogP contribution in [0, 0.1) is 0 Å². The molecule has 0 aliphatic carbocycles. The van der Waals surface area contributed by atoms with E-state index in [1.54, 1.807) is 23.9 Å². The molecule has 98 valence electrons. The number of ketones is 2. The van der Waals surface area contributed by atoms with Gasteiger partial charge in [0.15, 0.2) is 11.6 Å². The van der Waals surface area contributed by atoms with Gasteiger partial charge in [-0.15, -0.1) is 0 Å². The minimum atomic E-state index is -0.330. The third kappa shape index (κ3) is 3.03. The van der Waals surface area contributed by atoms with E-state index in [0.29, 0.717) is 10.6 Å². The molecule has 6 heteroatoms. The van der Waals surface area contributed by atoms with Crippen LogP contribution in [-0.2, 0) is 7.05 Å². The number of hydrogen-bond acceptors (Lipinski definition) is 3. The lowest BCUT2D eigenvalue weighted by Gasteiger charge is -2.03. The van der Waals surface area contributed by atoms with Gasteiger partial charge in [0.25, 0.3) is 0 Å². The Morgan fingerprint density at radius 2 is 1.95 bits per heavy atom. The molecule has 1 heterocycles. The number of imidazole rings is 1. The Kier molecular flexibility index (Phi) is 4.02. The van der Waals surface area contributed by atoms with Gasteiger partial charge in [-0.3, -0.25) is 9.59 Å². The van der Waals surface area contributed by atoms with Gasteiger partial charge in [0.05, 0.1) is 16.5 Å². The predicted octanol–water partition coefficient (Wildman–Crippen LogP) is 3.18. The number of halogens is 2. The standard InChI is InChI=1S/C13H10Cl2N2O2/c1-17-5-4-16-13(17)12(19)7-11(18)8-2-3-9(14)10(15)6-8/h2-6H,7H2,1H3. The minimum absolute atomic E-state index is 0.247. The number of nitrogens with zero attached hydrogens (tertiary/aromatic N) is 2. The SMILES string of the molecule is Cn1ccnc1C(=O)CC(=O)c1ccc(Cl)c(Cl)c1. The fourth-order valence-corrected chi connectivity index (χ4v) is 1.93. The smallest absolute Gasteiger partial charge is 0.205 e. The molecule has 0 saturated heterocycles. The zero-order valence-electron chi connectivity index (χ0n) is 10.1. The van der Waals surface area contributed by atoms with E-state index in [2.05, 4.69) is 4.98 Å². The van der Waals surface area contributed by atoms with Crippen molar-refractivity contribution in [1.29, 1.82) is 0 Å². The van der Waals surface area contributed by atoms with Gasteiger partial charge in [0, 0.05) is 25.0 Å². The van der Waals surface area contributed by atoms with Crippen molar-refractivity contribution < 1.29 is 9.59 Å². The van der Waals surface area contributed by atoms with Crippen molar-refractivity contribution in [3.63, 3.8) is 0 Å². The van der Waals surface area contributed by atoms with Gasteiger partial charge < -0.3 is 4.57 Å². The number of carbonyl (C=O) groups is 2. The first-order valence-corrected chi connectivity index (χ1v) is 6.23. The summed E-state index contributed by atoms with van der Waals surface area (Å²) >= 11 is 11.6. The van der Waals surface area contributed by atoms with E-state index in [4.69, 9.17) is 23.2 Å². The molecule has 2 aromatic rings. The van der Waals surface area contributed by atoms with Crippen LogP contribution in [0.25, 0.3) is 0 Å². The molecular weight excluding hydrogens is 287 g/mol. The summed E-state index contributed by atoms with van der Waals surface area (Å²) in [5.74, 6) is -0.386. The molecule has 0 saturated carbocycles. The molecule has 0 bridgehead atoms. The van der Waals surface area contributed by atoms with Crippen LogP contribution in [0.15, 0.2) is 30.6 Å². The first-order valence-electron chi connectivity index (χ1n) is 5.48. The van der Waals surface area contributed by atoms with Crippen molar-refractivity contribution in [2.75, 3.05) is 0 Å². The molecule has 0 spiro atoms. The summed E-state index contributed by atoms with van der Waals surface area (Å²) in [6, 6.07) is 4.53. The number of hydrogen-bond donors (Lipinski definition) is 0. The summed E-state index contributed by atoms with van der Waals surface area (Å²) in [5.41, 5.74) is 0.358. The summed E-state index contributed by atoms with van der Waals surface area (Å²) in [7, 11) is 1.70. The third-order valence-corrected chi connectivity index (χ3v) is 3.37. The third-order valence-electron chi connectivity index (χ3n) is 2.63. The van der Waals surface area contributed by atoms with E-state index >= 15 is 0 Å². The second kappa shape index (κ2) is 5.55. The molecule has 0 fully saturated rings. The summed E-state index contributed by atoms with van der Waals surface area (Å²) in [5, 5.41) is 0.658. The van der Waals surface area contributed by atoms with Crippen molar-refractivity contribution in [1.82, 2.24) is 9.55 Å². The highest BCUT2D eigenvalue weighted by atomic mass is 35.5. The molecular formula is C13H10Cl2N2O2. The number of aryl methyl sites for hydroxylation is 1. The van der Waals surface area contributed by atoms with Crippen LogP contribution < -0.4 is 0 Å². The number of Topliss-reactive ketones (excluding diaryl/α,β-unsaturated/α-hetero) is 2. The zero-order chi connectivity index (χ0) is 14.0. The van der Waals surface area contributed by atoms with Crippen LogP contribution in [0.4, 0.5) is 0 Å². The molecule has 0 amide bonds. The van der Waals surface area contributed by atoms with Gasteiger partial charge in [-0.2, -0.15) is 0 Å². The van der Waals surface area contributed by atoms with E-state index in [1.807, 2.05) is 0 Å². The Morgan fingerprint density at radius 1 is 1.21 bits per heavy atom. The van der Waals surface area contributed by atoms with Crippen LogP contribution in [-0.4, -0.2) is 21.1 Å². The average Bonchev–Trinajstić information content (AvgIpc) is 2.79. The Hall–Kier alpha value is -1.65. The molecule has 0 atom stereocenters. The highest BCUT2D eigenvalue weighted by Crippen LogP contribution is 2.23. The largest absolute Gasteiger partial charge is 0.332 e. The molecule has 1 aromatic heterocycles. The summed E-state index contributed by atoms with van der Waals surface area (Å²) in [6.45, 7) is 0. The Bertz CT molecular complexity index is 650. The lowest BCUT2D eigenvalue weighted by molar-refractivity contribution is 0.0886. The number of rotatable bonds is 4. The van der Waals surface area contributed by atoms with Crippen LogP contribution in [0.1, 0.15) is 27.4 Å². The van der Waals surface area contributed by atoms with E-state index in [9.17, 15) is 9.59 Å². The maximum atomic E-state index is 12.0. The fourth-order valence-electron chi connectivity index (χ4n) is 1.63. The molecule has 0 radical (unpaired) electrons. The van der Waals surface area contributed by atoms with Crippen molar-refractivity contribution in [3.8, 4) is 0 Å². The molecule has 0 aliphatic rings. The lowest BCUT2D eigenvalue weighted by Crippen LogP contribution is -2.13. The highest BCUT2D eigenvalue weighted by Gasteiger charge is 2.17. The highest BCUT2D eigenvalue weighted by molar-refractivity contribution is 6.42. The van der Waals surface area contributed by atoms with Crippen molar-refractivity contribution in [3.05, 3.63) is 52.0 Å². The van der Waals surface area contributed by atoms with E-state index in [1.165, 1.54) is 18.3 Å². The van der Waals surface area contributed by atoms with Gasteiger partial charge in [0.2, 0.25) is 5.78 Å². The maximum absolute atomic E-state index is 12.0. The second-order valence-electron chi connectivity index (χ2n) is 4.01. The predicted molar refractivity (Wildman–Crippen MR) is 72.9 cm³/mol. The fraction of sp³-hybridized carbons (Fsp3) is 0.154. The van der Waals surface area contributed by atoms with Crippen molar-refractivity contribution >= 4 is 34.8 Å². The van der Waals surface area contributed by atoms with E-state index < -0.39 is 0 Å². The van der Waals surface area contributed by atoms with Gasteiger partial charge in [-0.05, 0) is 18.2 Å². The zero-order valence-corrected chi connectivity index (χ0v) is 11.6. The molecule has 0 aliphatic heterocycles. The topological polar surface area (TPSA) is 52.0 Å². The summed E-state index contributed by atoms with van der Waals surface area (Å²) < 4.78 is 1.57. The monoisotopic (exact) mass is 296 g/mol. The maximum Gasteiger partial charge on any atom is 0.205 e. The summed E-state index contributed by atoms with van der Waals surface area (Å²) in [6.07, 6.45) is 2.91. The quantitative estimate of drug-likeness (QED) is 0.643. The van der Waals surface area contributed by atoms with Crippen LogP contribution in [0.5, 0.6) is 0 Å².